The number of likely N-dealkylation sites (tertiary alicyclic amines) is 1. The molecule has 0 radical (unpaired) electrons. The number of aliphatic hydroxyl groups is 1. The normalized spacial score (nSPS) is 32.6. The Morgan fingerprint density at radius 1 is 1.06 bits per heavy atom. The van der Waals surface area contributed by atoms with Crippen LogP contribution < -0.4 is 4.90 Å². The van der Waals surface area contributed by atoms with Gasteiger partial charge in [-0.05, 0) is 30.7 Å². The summed E-state index contributed by atoms with van der Waals surface area (Å²) < 4.78 is 6.52. The third-order valence-electron chi connectivity index (χ3n) is 7.21. The lowest BCUT2D eigenvalue weighted by molar-refractivity contribution is -0.144. The molecule has 3 amide bonds. The summed E-state index contributed by atoms with van der Waals surface area (Å²) in [4.78, 5) is 46.1. The number of hydrogen-bond donors (Lipinski definition) is 1. The molecule has 180 valence electrons. The third kappa shape index (κ3) is 3.39. The van der Waals surface area contributed by atoms with E-state index in [0.717, 1.165) is 6.42 Å². The number of anilines is 1. The maximum Gasteiger partial charge on any atom is 0.253 e. The number of nitrogens with zero attached hydrogens (tertiary/aromatic N) is 3. The smallest absolute Gasteiger partial charge is 0.253 e. The molecule has 0 saturated carbocycles. The first kappa shape index (κ1) is 23.1. The van der Waals surface area contributed by atoms with E-state index in [0.29, 0.717) is 23.8 Å². The van der Waals surface area contributed by atoms with Crippen molar-refractivity contribution in [3.8, 4) is 0 Å². The molecule has 9 heteroatoms. The minimum absolute atomic E-state index is 0.0146. The first-order valence-corrected chi connectivity index (χ1v) is 12.1. The molecule has 4 aliphatic heterocycles. The van der Waals surface area contributed by atoms with Crippen molar-refractivity contribution in [3.05, 3.63) is 53.6 Å². The molecule has 4 heterocycles. The number of amides is 3. The molecule has 8 nitrogen and oxygen atoms in total. The van der Waals surface area contributed by atoms with Crippen LogP contribution in [-0.4, -0.2) is 83.2 Å². The Kier molecular flexibility index (Phi) is 6.00. The Morgan fingerprint density at radius 2 is 1.82 bits per heavy atom. The molecule has 1 aromatic rings. The summed E-state index contributed by atoms with van der Waals surface area (Å²) in [5.41, 5.74) is -0.636. The highest BCUT2D eigenvalue weighted by Gasteiger charge is 2.71. The van der Waals surface area contributed by atoms with E-state index in [4.69, 9.17) is 16.3 Å². The maximum absolute atomic E-state index is 14.0. The minimum Gasteiger partial charge on any atom is -0.395 e. The number of fused-ring (bicyclic) bond motifs is 2. The van der Waals surface area contributed by atoms with E-state index in [-0.39, 0.29) is 37.4 Å². The van der Waals surface area contributed by atoms with Crippen molar-refractivity contribution >= 4 is 35.0 Å². The van der Waals surface area contributed by atoms with Crippen molar-refractivity contribution in [2.45, 2.75) is 31.1 Å². The van der Waals surface area contributed by atoms with E-state index in [1.54, 1.807) is 40.1 Å². The van der Waals surface area contributed by atoms with Gasteiger partial charge in [-0.3, -0.25) is 14.4 Å². The van der Waals surface area contributed by atoms with E-state index >= 15 is 0 Å². The average Bonchev–Trinajstić information content (AvgIpc) is 3.13. The highest BCUT2D eigenvalue weighted by atomic mass is 35.5. The van der Waals surface area contributed by atoms with Crippen LogP contribution in [0.5, 0.6) is 0 Å². The summed E-state index contributed by atoms with van der Waals surface area (Å²) in [5, 5.41) is 10.3. The van der Waals surface area contributed by atoms with E-state index in [1.165, 1.54) is 4.90 Å². The predicted octanol–water partition coefficient (Wildman–Crippen LogP) is 1.62. The number of hydrogen-bond acceptors (Lipinski definition) is 5. The van der Waals surface area contributed by atoms with Crippen molar-refractivity contribution in [1.82, 2.24) is 9.80 Å². The number of rotatable bonds is 5. The van der Waals surface area contributed by atoms with Gasteiger partial charge in [-0.1, -0.05) is 42.8 Å². The zero-order valence-corrected chi connectivity index (χ0v) is 19.7. The van der Waals surface area contributed by atoms with Gasteiger partial charge in [0.05, 0.1) is 24.5 Å². The van der Waals surface area contributed by atoms with Crippen LogP contribution in [0.25, 0.3) is 0 Å². The van der Waals surface area contributed by atoms with Gasteiger partial charge >= 0.3 is 0 Å². The molecule has 0 bridgehead atoms. The molecule has 34 heavy (non-hydrogen) atoms. The molecular formula is C25H28ClN3O5. The topological polar surface area (TPSA) is 90.4 Å². The van der Waals surface area contributed by atoms with Crippen LogP contribution in [0, 0.1) is 11.8 Å². The van der Waals surface area contributed by atoms with Crippen LogP contribution in [0.3, 0.4) is 0 Å². The fourth-order valence-corrected chi connectivity index (χ4v) is 5.99. The Labute approximate surface area is 203 Å². The van der Waals surface area contributed by atoms with Crippen molar-refractivity contribution in [1.29, 1.82) is 0 Å². The van der Waals surface area contributed by atoms with Crippen LogP contribution in [0.4, 0.5) is 5.69 Å². The van der Waals surface area contributed by atoms with Crippen LogP contribution in [0.15, 0.2) is 48.6 Å². The predicted molar refractivity (Wildman–Crippen MR) is 126 cm³/mol. The Hall–Kier alpha value is -2.68. The van der Waals surface area contributed by atoms with Crippen molar-refractivity contribution in [3.63, 3.8) is 0 Å². The van der Waals surface area contributed by atoms with Gasteiger partial charge in [0, 0.05) is 36.9 Å². The third-order valence-corrected chi connectivity index (χ3v) is 7.47. The molecule has 5 rings (SSSR count). The maximum atomic E-state index is 14.0. The largest absolute Gasteiger partial charge is 0.395 e. The first-order chi connectivity index (χ1) is 16.4. The SMILES string of the molecule is CCCN1CC=C[C@@H]2O[C@]34C=CCN(c5ccc(Cl)cc5)C(=O)C3N(CCO)C(=O)[C@@H]4[C@@H]2C1=O. The molecule has 1 N–H and O–H groups in total. The van der Waals surface area contributed by atoms with E-state index in [9.17, 15) is 19.5 Å². The second-order valence-corrected chi connectivity index (χ2v) is 9.57. The van der Waals surface area contributed by atoms with Crippen molar-refractivity contribution < 1.29 is 24.2 Å². The van der Waals surface area contributed by atoms with Crippen LogP contribution in [-0.2, 0) is 19.1 Å². The lowest BCUT2D eigenvalue weighted by Gasteiger charge is -2.35. The number of β-amino-alcohol motifs (C(OH)–C–C–N with tert-alkyl or cyclic N) is 1. The second-order valence-electron chi connectivity index (χ2n) is 9.14. The molecule has 0 aliphatic carbocycles. The number of carbonyl (C=O) groups excluding carboxylic acids is 3. The summed E-state index contributed by atoms with van der Waals surface area (Å²) >= 11 is 6.03. The first-order valence-electron chi connectivity index (χ1n) is 11.7. The van der Waals surface area contributed by atoms with E-state index in [2.05, 4.69) is 0 Å². The van der Waals surface area contributed by atoms with Crippen LogP contribution in [0.2, 0.25) is 5.02 Å². The summed E-state index contributed by atoms with van der Waals surface area (Å²) in [6.07, 6.45) is 7.59. The summed E-state index contributed by atoms with van der Waals surface area (Å²) in [7, 11) is 0. The molecule has 4 aliphatic rings. The van der Waals surface area contributed by atoms with Gasteiger partial charge in [0.25, 0.3) is 5.91 Å². The summed E-state index contributed by atoms with van der Waals surface area (Å²) in [5.74, 6) is -2.33. The zero-order valence-electron chi connectivity index (χ0n) is 19.0. The molecule has 1 unspecified atom stereocenters. The van der Waals surface area contributed by atoms with Crippen molar-refractivity contribution in [2.24, 2.45) is 11.8 Å². The average molecular weight is 486 g/mol. The second kappa shape index (κ2) is 8.83. The van der Waals surface area contributed by atoms with Crippen molar-refractivity contribution in [2.75, 3.05) is 37.7 Å². The number of halogens is 1. The summed E-state index contributed by atoms with van der Waals surface area (Å²) in [6.45, 7) is 3.04. The number of ether oxygens (including phenoxy) is 1. The molecule has 2 fully saturated rings. The minimum atomic E-state index is -1.28. The van der Waals surface area contributed by atoms with Gasteiger partial charge in [-0.25, -0.2) is 0 Å². The Bertz CT molecular complexity index is 1060. The molecule has 5 atom stereocenters. The number of benzene rings is 1. The Balaban J connectivity index is 1.59. The van der Waals surface area contributed by atoms with Gasteiger partial charge in [0.2, 0.25) is 11.8 Å². The number of carbonyl (C=O) groups is 3. The van der Waals surface area contributed by atoms with Crippen LogP contribution in [0.1, 0.15) is 13.3 Å². The van der Waals surface area contributed by atoms with Gasteiger partial charge in [0.15, 0.2) is 0 Å². The van der Waals surface area contributed by atoms with E-state index in [1.807, 2.05) is 25.2 Å². The molecule has 1 aromatic carbocycles. The lowest BCUT2D eigenvalue weighted by Crippen LogP contribution is -2.55. The highest BCUT2D eigenvalue weighted by Crippen LogP contribution is 2.53. The quantitative estimate of drug-likeness (QED) is 0.640. The molecule has 0 aromatic heterocycles. The Morgan fingerprint density at radius 3 is 2.53 bits per heavy atom. The standard InChI is InChI=1S/C25H28ClN3O5/c1-2-11-27-12-3-5-18-19(22(27)31)20-23(32)29(14-15-30)21-24(33)28(13-4-10-25(20,21)34-18)17-8-6-16(26)7-9-17/h3-10,18-21,30H,2,11-15H2,1H3/t18-,19+,20-,21?,25-/m0/s1. The van der Waals surface area contributed by atoms with Gasteiger partial charge in [0.1, 0.15) is 11.6 Å². The molecule has 2 saturated heterocycles. The highest BCUT2D eigenvalue weighted by molar-refractivity contribution is 6.30. The van der Waals surface area contributed by atoms with Gasteiger partial charge < -0.3 is 24.5 Å². The zero-order chi connectivity index (χ0) is 24.0. The van der Waals surface area contributed by atoms with Gasteiger partial charge in [-0.2, -0.15) is 0 Å². The lowest BCUT2D eigenvalue weighted by atomic mass is 9.77. The van der Waals surface area contributed by atoms with E-state index < -0.39 is 29.6 Å². The monoisotopic (exact) mass is 485 g/mol. The van der Waals surface area contributed by atoms with Gasteiger partial charge in [-0.15, -0.1) is 0 Å². The summed E-state index contributed by atoms with van der Waals surface area (Å²) in [6, 6.07) is 5.94. The van der Waals surface area contributed by atoms with Crippen LogP contribution >= 0.6 is 11.6 Å². The molecule has 1 spiro atoms. The fraction of sp³-hybridized carbons (Fsp3) is 0.480. The fourth-order valence-electron chi connectivity index (χ4n) is 5.86. The molecular weight excluding hydrogens is 458 g/mol. The number of aliphatic hydroxyl groups excluding tert-OH is 1.